The van der Waals surface area contributed by atoms with Crippen LogP contribution in [0.2, 0.25) is 5.02 Å². The molecule has 0 fully saturated rings. The summed E-state index contributed by atoms with van der Waals surface area (Å²) in [6.07, 6.45) is 1.53. The van der Waals surface area contributed by atoms with E-state index in [0.717, 1.165) is 11.8 Å². The minimum absolute atomic E-state index is 0.0736. The van der Waals surface area contributed by atoms with Crippen LogP contribution in [-0.2, 0) is 18.4 Å². The maximum Gasteiger partial charge on any atom is 0.295 e. The summed E-state index contributed by atoms with van der Waals surface area (Å²) in [5.41, 5.74) is 1.32. The van der Waals surface area contributed by atoms with Crippen molar-refractivity contribution in [1.29, 1.82) is 0 Å². The molecule has 9 nitrogen and oxygen atoms in total. The molecule has 0 aliphatic rings. The van der Waals surface area contributed by atoms with Crippen LogP contribution in [0.4, 0.5) is 5.69 Å². The molecule has 1 N–H and O–H groups in total. The Hall–Kier alpha value is -4.02. The van der Waals surface area contributed by atoms with Gasteiger partial charge in [-0.2, -0.15) is 0 Å². The van der Waals surface area contributed by atoms with Gasteiger partial charge in [-0.1, -0.05) is 41.6 Å². The number of amides is 1. The Kier molecular flexibility index (Phi) is 6.77. The van der Waals surface area contributed by atoms with Crippen molar-refractivity contribution in [2.75, 3.05) is 11.1 Å². The number of anilines is 1. The number of aromatic nitrogens is 4. The second-order valence-corrected chi connectivity index (χ2v) is 9.68. The van der Waals surface area contributed by atoms with E-state index in [9.17, 15) is 14.4 Å². The Balaban J connectivity index is 1.42. The van der Waals surface area contributed by atoms with Crippen LogP contribution in [-0.4, -0.2) is 30.6 Å². The van der Waals surface area contributed by atoms with Crippen LogP contribution in [0.25, 0.3) is 16.6 Å². The first-order valence-corrected chi connectivity index (χ1v) is 12.7. The van der Waals surface area contributed by atoms with E-state index >= 15 is 0 Å². The van der Waals surface area contributed by atoms with Crippen LogP contribution < -0.4 is 16.4 Å². The third-order valence-electron chi connectivity index (χ3n) is 5.93. The highest BCUT2D eigenvalue weighted by Crippen LogP contribution is 2.22. The lowest BCUT2D eigenvalue weighted by molar-refractivity contribution is -0.113. The molecule has 3 aromatic heterocycles. The normalized spacial score (nSPS) is 11.2. The second kappa shape index (κ2) is 10.2. The van der Waals surface area contributed by atoms with E-state index in [1.807, 2.05) is 30.3 Å². The fraction of sp³-hybridized carbons (Fsp3) is 0.154. The number of fused-ring (bicyclic) bond motifs is 1. The molecule has 5 aromatic rings. The van der Waals surface area contributed by atoms with Crippen molar-refractivity contribution in [2.24, 2.45) is 7.05 Å². The summed E-state index contributed by atoms with van der Waals surface area (Å²) in [4.78, 5) is 43.9. The van der Waals surface area contributed by atoms with Crippen LogP contribution in [0.3, 0.4) is 0 Å². The smallest absolute Gasteiger partial charge is 0.295 e. The predicted octanol–water partition coefficient (Wildman–Crippen LogP) is 4.22. The molecule has 0 saturated heterocycles. The quantitative estimate of drug-likeness (QED) is 0.247. The highest BCUT2D eigenvalue weighted by molar-refractivity contribution is 7.99. The molecule has 5 rings (SSSR count). The number of nitrogens with zero attached hydrogens (tertiary/aromatic N) is 4. The third kappa shape index (κ3) is 4.85. The molecule has 2 aromatic carbocycles. The number of rotatable bonds is 7. The first kappa shape index (κ1) is 24.7. The Morgan fingerprint density at radius 2 is 1.86 bits per heavy atom. The van der Waals surface area contributed by atoms with E-state index in [1.54, 1.807) is 49.0 Å². The van der Waals surface area contributed by atoms with Gasteiger partial charge in [0.25, 0.3) is 11.1 Å². The molecule has 3 heterocycles. The summed E-state index contributed by atoms with van der Waals surface area (Å²) in [5.74, 6) is 0.0985. The number of para-hydroxylation sites is 1. The van der Waals surface area contributed by atoms with Crippen molar-refractivity contribution in [3.05, 3.63) is 104 Å². The van der Waals surface area contributed by atoms with Crippen molar-refractivity contribution >= 4 is 45.9 Å². The van der Waals surface area contributed by atoms with Gasteiger partial charge in [0.2, 0.25) is 5.91 Å². The number of hydrogen-bond donors (Lipinski definition) is 1. The molecule has 0 radical (unpaired) electrons. The van der Waals surface area contributed by atoms with Gasteiger partial charge in [0, 0.05) is 12.1 Å². The molecule has 0 aliphatic carbocycles. The van der Waals surface area contributed by atoms with Gasteiger partial charge in [-0.15, -0.1) is 0 Å². The number of carbonyl (C=O) groups is 1. The molecule has 1 amide bonds. The lowest BCUT2D eigenvalue weighted by Gasteiger charge is -2.12. The number of carbonyl (C=O) groups excluding carboxylic acids is 1. The van der Waals surface area contributed by atoms with E-state index in [0.29, 0.717) is 38.2 Å². The molecule has 0 unspecified atom stereocenters. The predicted molar refractivity (Wildman–Crippen MR) is 144 cm³/mol. The SMILES string of the molecule is Cc1c(NC(=O)CSc2nc3cc(Cl)ccc3c(=O)n2Cc2ccco2)c(=O)n(-c2ccccc2)n1C. The van der Waals surface area contributed by atoms with Crippen molar-refractivity contribution in [3.63, 3.8) is 0 Å². The highest BCUT2D eigenvalue weighted by Gasteiger charge is 2.20. The van der Waals surface area contributed by atoms with Crippen molar-refractivity contribution < 1.29 is 9.21 Å². The van der Waals surface area contributed by atoms with Crippen molar-refractivity contribution in [1.82, 2.24) is 18.9 Å². The second-order valence-electron chi connectivity index (χ2n) is 8.30. The standard InChI is InChI=1S/C26H22ClN5O4S/c1-16-23(25(35)32(30(16)2)18-7-4-3-5-8-18)29-22(33)15-37-26-28-21-13-17(27)10-11-20(21)24(34)31(26)14-19-9-6-12-36-19/h3-13H,14-15H2,1-2H3,(H,29,33). The van der Waals surface area contributed by atoms with Gasteiger partial charge in [-0.05, 0) is 49.4 Å². The van der Waals surface area contributed by atoms with Crippen molar-refractivity contribution in [3.8, 4) is 5.69 Å². The zero-order valence-corrected chi connectivity index (χ0v) is 21.5. The van der Waals surface area contributed by atoms with Crippen LogP contribution >= 0.6 is 23.4 Å². The Labute approximate surface area is 220 Å². The lowest BCUT2D eigenvalue weighted by Crippen LogP contribution is -2.25. The molecule has 0 spiro atoms. The zero-order chi connectivity index (χ0) is 26.1. The number of furan rings is 1. The third-order valence-corrected chi connectivity index (χ3v) is 7.14. The largest absolute Gasteiger partial charge is 0.467 e. The van der Waals surface area contributed by atoms with Gasteiger partial charge in [0.1, 0.15) is 11.4 Å². The highest BCUT2D eigenvalue weighted by atomic mass is 35.5. The average molecular weight is 536 g/mol. The van der Waals surface area contributed by atoms with E-state index in [4.69, 9.17) is 16.0 Å². The molecule has 0 saturated carbocycles. The maximum atomic E-state index is 13.3. The fourth-order valence-corrected chi connectivity index (χ4v) is 4.96. The molecule has 0 aliphatic heterocycles. The van der Waals surface area contributed by atoms with Gasteiger partial charge in [0.05, 0.1) is 40.8 Å². The number of halogens is 1. The van der Waals surface area contributed by atoms with Crippen LogP contribution in [0.5, 0.6) is 0 Å². The van der Waals surface area contributed by atoms with Crippen LogP contribution in [0, 0.1) is 6.92 Å². The van der Waals surface area contributed by atoms with Gasteiger partial charge in [0.15, 0.2) is 5.16 Å². The molecule has 11 heteroatoms. The molecule has 0 bridgehead atoms. The monoisotopic (exact) mass is 535 g/mol. The van der Waals surface area contributed by atoms with Crippen LogP contribution in [0.1, 0.15) is 11.5 Å². The first-order chi connectivity index (χ1) is 17.8. The summed E-state index contributed by atoms with van der Waals surface area (Å²) in [5, 5.41) is 3.93. The summed E-state index contributed by atoms with van der Waals surface area (Å²) in [6.45, 7) is 1.92. The maximum absolute atomic E-state index is 13.3. The van der Waals surface area contributed by atoms with Gasteiger partial charge >= 0.3 is 0 Å². The average Bonchev–Trinajstić information content (AvgIpc) is 3.47. The zero-order valence-electron chi connectivity index (χ0n) is 20.0. The fourth-order valence-electron chi connectivity index (χ4n) is 4.00. The lowest BCUT2D eigenvalue weighted by atomic mass is 10.2. The van der Waals surface area contributed by atoms with E-state index in [2.05, 4.69) is 10.3 Å². The topological polar surface area (TPSA) is 104 Å². The molecule has 37 heavy (non-hydrogen) atoms. The summed E-state index contributed by atoms with van der Waals surface area (Å²) >= 11 is 7.21. The first-order valence-electron chi connectivity index (χ1n) is 11.3. The molecule has 0 atom stereocenters. The minimum Gasteiger partial charge on any atom is -0.467 e. The Morgan fingerprint density at radius 1 is 1.08 bits per heavy atom. The van der Waals surface area contributed by atoms with Gasteiger partial charge in [-0.25, -0.2) is 9.67 Å². The Bertz CT molecular complexity index is 1720. The molecular weight excluding hydrogens is 514 g/mol. The summed E-state index contributed by atoms with van der Waals surface area (Å²) in [6, 6.07) is 17.5. The van der Waals surface area contributed by atoms with Gasteiger partial charge in [-0.3, -0.25) is 23.6 Å². The molecule has 188 valence electrons. The Morgan fingerprint density at radius 3 is 2.59 bits per heavy atom. The van der Waals surface area contributed by atoms with Crippen molar-refractivity contribution in [2.45, 2.75) is 18.6 Å². The number of thioether (sulfide) groups is 1. The molecular formula is C26H22ClN5O4S. The number of benzene rings is 2. The van der Waals surface area contributed by atoms with Gasteiger partial charge < -0.3 is 9.73 Å². The summed E-state index contributed by atoms with van der Waals surface area (Å²) < 4.78 is 10.1. The van der Waals surface area contributed by atoms with E-state index in [1.165, 1.54) is 15.5 Å². The van der Waals surface area contributed by atoms with E-state index < -0.39 is 5.91 Å². The minimum atomic E-state index is -0.402. The number of nitrogens with one attached hydrogen (secondary N) is 1. The van der Waals surface area contributed by atoms with E-state index in [-0.39, 0.29) is 29.1 Å². The van der Waals surface area contributed by atoms with Crippen LogP contribution in [0.15, 0.2) is 86.1 Å². The number of hydrogen-bond acceptors (Lipinski definition) is 6. The summed E-state index contributed by atoms with van der Waals surface area (Å²) in [7, 11) is 1.76.